The van der Waals surface area contributed by atoms with Crippen molar-refractivity contribution in [2.24, 2.45) is 5.41 Å². The molecule has 1 aliphatic heterocycles. The highest BCUT2D eigenvalue weighted by Crippen LogP contribution is 2.27. The Morgan fingerprint density at radius 3 is 2.67 bits per heavy atom. The van der Waals surface area contributed by atoms with Crippen molar-refractivity contribution >= 4 is 5.69 Å². The van der Waals surface area contributed by atoms with Gasteiger partial charge in [-0.05, 0) is 30.3 Å². The minimum atomic E-state index is 0.295. The fourth-order valence-electron chi connectivity index (χ4n) is 2.15. The second kappa shape index (κ2) is 4.50. The van der Waals surface area contributed by atoms with Gasteiger partial charge in [0, 0.05) is 35.7 Å². The summed E-state index contributed by atoms with van der Waals surface area (Å²) in [6, 6.07) is 12.5. The standard InChI is InChI=1S/C15H18N2O/c1-15(11-18-12-15)10-16-13-5-4-6-14(9-13)17-7-2-3-8-17/h2-9,16H,10-12H2,1H3. The minimum Gasteiger partial charge on any atom is -0.384 e. The molecule has 1 fully saturated rings. The molecule has 1 aromatic carbocycles. The molecule has 0 unspecified atom stereocenters. The average Bonchev–Trinajstić information content (AvgIpc) is 2.88. The quantitative estimate of drug-likeness (QED) is 0.892. The highest BCUT2D eigenvalue weighted by atomic mass is 16.5. The van der Waals surface area contributed by atoms with Crippen molar-refractivity contribution in [3.05, 3.63) is 48.8 Å². The normalized spacial score (nSPS) is 17.2. The molecule has 3 heteroatoms. The molecule has 0 amide bonds. The number of nitrogens with zero attached hydrogens (tertiary/aromatic N) is 1. The van der Waals surface area contributed by atoms with Gasteiger partial charge in [-0.3, -0.25) is 0 Å². The number of hydrogen-bond donors (Lipinski definition) is 1. The Hall–Kier alpha value is -1.74. The number of aromatic nitrogens is 1. The molecule has 2 aromatic rings. The Labute approximate surface area is 107 Å². The Morgan fingerprint density at radius 2 is 2.00 bits per heavy atom. The third-order valence-electron chi connectivity index (χ3n) is 3.37. The van der Waals surface area contributed by atoms with Crippen LogP contribution in [0, 0.1) is 5.41 Å². The van der Waals surface area contributed by atoms with Crippen LogP contribution < -0.4 is 5.32 Å². The van der Waals surface area contributed by atoms with E-state index in [4.69, 9.17) is 4.74 Å². The van der Waals surface area contributed by atoms with Crippen LogP contribution in [0.5, 0.6) is 0 Å². The van der Waals surface area contributed by atoms with Gasteiger partial charge < -0.3 is 14.6 Å². The van der Waals surface area contributed by atoms with Crippen LogP contribution in [0.2, 0.25) is 0 Å². The lowest BCUT2D eigenvalue weighted by atomic mass is 9.89. The van der Waals surface area contributed by atoms with E-state index in [0.717, 1.165) is 25.4 Å². The van der Waals surface area contributed by atoms with Gasteiger partial charge in [-0.2, -0.15) is 0 Å². The molecule has 1 N–H and O–H groups in total. The molecular formula is C15H18N2O. The van der Waals surface area contributed by atoms with Gasteiger partial charge in [0.25, 0.3) is 0 Å². The fourth-order valence-corrected chi connectivity index (χ4v) is 2.15. The number of benzene rings is 1. The summed E-state index contributed by atoms with van der Waals surface area (Å²) in [4.78, 5) is 0. The van der Waals surface area contributed by atoms with Crippen LogP contribution in [0.4, 0.5) is 5.69 Å². The molecule has 0 atom stereocenters. The summed E-state index contributed by atoms with van der Waals surface area (Å²) in [7, 11) is 0. The summed E-state index contributed by atoms with van der Waals surface area (Å²) in [5, 5.41) is 3.50. The molecule has 0 radical (unpaired) electrons. The van der Waals surface area contributed by atoms with Gasteiger partial charge >= 0.3 is 0 Å². The summed E-state index contributed by atoms with van der Waals surface area (Å²) in [5.41, 5.74) is 2.64. The van der Waals surface area contributed by atoms with E-state index >= 15 is 0 Å². The third-order valence-corrected chi connectivity index (χ3v) is 3.37. The van der Waals surface area contributed by atoms with E-state index in [1.807, 2.05) is 12.1 Å². The molecule has 1 aliphatic rings. The summed E-state index contributed by atoms with van der Waals surface area (Å²) >= 11 is 0. The third kappa shape index (κ3) is 2.27. The summed E-state index contributed by atoms with van der Waals surface area (Å²) in [6.45, 7) is 4.93. The second-order valence-corrected chi connectivity index (χ2v) is 5.30. The van der Waals surface area contributed by atoms with E-state index in [1.165, 1.54) is 5.69 Å². The van der Waals surface area contributed by atoms with Gasteiger partial charge in [0.2, 0.25) is 0 Å². The van der Waals surface area contributed by atoms with Crippen LogP contribution in [-0.2, 0) is 4.74 Å². The van der Waals surface area contributed by atoms with Crippen LogP contribution >= 0.6 is 0 Å². The van der Waals surface area contributed by atoms with E-state index in [9.17, 15) is 0 Å². The lowest BCUT2D eigenvalue weighted by Crippen LogP contribution is -2.45. The molecule has 0 aliphatic carbocycles. The predicted molar refractivity (Wildman–Crippen MR) is 73.2 cm³/mol. The SMILES string of the molecule is CC1(CNc2cccc(-n3cccc3)c2)COC1. The van der Waals surface area contributed by atoms with Crippen molar-refractivity contribution in [1.29, 1.82) is 0 Å². The van der Waals surface area contributed by atoms with Crippen LogP contribution in [0.15, 0.2) is 48.8 Å². The minimum absolute atomic E-state index is 0.295. The zero-order valence-corrected chi connectivity index (χ0v) is 10.6. The predicted octanol–water partition coefficient (Wildman–Crippen LogP) is 2.93. The number of rotatable bonds is 4. The van der Waals surface area contributed by atoms with Crippen LogP contribution in [0.25, 0.3) is 5.69 Å². The molecule has 0 spiro atoms. The molecule has 1 saturated heterocycles. The van der Waals surface area contributed by atoms with Crippen molar-refractivity contribution < 1.29 is 4.74 Å². The molecule has 18 heavy (non-hydrogen) atoms. The van der Waals surface area contributed by atoms with E-state index in [0.29, 0.717) is 5.41 Å². The number of nitrogens with one attached hydrogen (secondary N) is 1. The van der Waals surface area contributed by atoms with Gasteiger partial charge in [0.15, 0.2) is 0 Å². The highest BCUT2D eigenvalue weighted by molar-refractivity contribution is 5.51. The van der Waals surface area contributed by atoms with Crippen molar-refractivity contribution in [2.45, 2.75) is 6.92 Å². The van der Waals surface area contributed by atoms with Crippen molar-refractivity contribution in [2.75, 3.05) is 25.1 Å². The first-order valence-electron chi connectivity index (χ1n) is 6.30. The largest absolute Gasteiger partial charge is 0.384 e. The lowest BCUT2D eigenvalue weighted by molar-refractivity contribution is -0.0924. The van der Waals surface area contributed by atoms with E-state index in [-0.39, 0.29) is 0 Å². The smallest absolute Gasteiger partial charge is 0.0559 e. The molecule has 3 rings (SSSR count). The monoisotopic (exact) mass is 242 g/mol. The number of ether oxygens (including phenoxy) is 1. The maximum absolute atomic E-state index is 5.26. The van der Waals surface area contributed by atoms with Crippen molar-refractivity contribution in [1.82, 2.24) is 4.57 Å². The fraction of sp³-hybridized carbons (Fsp3) is 0.333. The summed E-state index contributed by atoms with van der Waals surface area (Å²) in [5.74, 6) is 0. The molecule has 1 aromatic heterocycles. The van der Waals surface area contributed by atoms with E-state index in [1.54, 1.807) is 0 Å². The first-order valence-corrected chi connectivity index (χ1v) is 6.30. The van der Waals surface area contributed by atoms with Gasteiger partial charge in [0.1, 0.15) is 0 Å². The molecule has 0 bridgehead atoms. The van der Waals surface area contributed by atoms with Crippen LogP contribution in [-0.4, -0.2) is 24.3 Å². The van der Waals surface area contributed by atoms with Crippen LogP contribution in [0.1, 0.15) is 6.92 Å². The zero-order valence-electron chi connectivity index (χ0n) is 10.6. The van der Waals surface area contributed by atoms with Crippen molar-refractivity contribution in [3.63, 3.8) is 0 Å². The van der Waals surface area contributed by atoms with Crippen LogP contribution in [0.3, 0.4) is 0 Å². The first-order chi connectivity index (χ1) is 8.75. The molecular weight excluding hydrogens is 224 g/mol. The molecule has 2 heterocycles. The molecule has 94 valence electrons. The van der Waals surface area contributed by atoms with E-state index < -0.39 is 0 Å². The topological polar surface area (TPSA) is 26.2 Å². The van der Waals surface area contributed by atoms with Gasteiger partial charge in [-0.15, -0.1) is 0 Å². The Bertz CT molecular complexity index is 515. The van der Waals surface area contributed by atoms with Gasteiger partial charge in [-0.1, -0.05) is 13.0 Å². The average molecular weight is 242 g/mol. The Balaban J connectivity index is 1.71. The highest BCUT2D eigenvalue weighted by Gasteiger charge is 2.32. The number of hydrogen-bond acceptors (Lipinski definition) is 2. The first kappa shape index (κ1) is 11.4. The maximum atomic E-state index is 5.26. The second-order valence-electron chi connectivity index (χ2n) is 5.30. The molecule has 0 saturated carbocycles. The lowest BCUT2D eigenvalue weighted by Gasteiger charge is -2.38. The van der Waals surface area contributed by atoms with Gasteiger partial charge in [-0.25, -0.2) is 0 Å². The van der Waals surface area contributed by atoms with E-state index in [2.05, 4.69) is 53.5 Å². The maximum Gasteiger partial charge on any atom is 0.0559 e. The van der Waals surface area contributed by atoms with Crippen molar-refractivity contribution in [3.8, 4) is 5.69 Å². The number of anilines is 1. The van der Waals surface area contributed by atoms with Gasteiger partial charge in [0.05, 0.1) is 13.2 Å². The summed E-state index contributed by atoms with van der Waals surface area (Å²) in [6.07, 6.45) is 4.11. The Morgan fingerprint density at radius 1 is 1.22 bits per heavy atom. The molecule has 3 nitrogen and oxygen atoms in total. The zero-order chi connectivity index (χ0) is 12.4. The Kier molecular flexibility index (Phi) is 2.84. The summed E-state index contributed by atoms with van der Waals surface area (Å²) < 4.78 is 7.38.